The van der Waals surface area contributed by atoms with Gasteiger partial charge in [-0.25, -0.2) is 0 Å². The Bertz CT molecular complexity index is 684. The van der Waals surface area contributed by atoms with Crippen molar-refractivity contribution < 1.29 is 23.8 Å². The number of esters is 2. The predicted octanol–water partition coefficient (Wildman–Crippen LogP) is 4.90. The average Bonchev–Trinajstić information content (AvgIpc) is 2.71. The van der Waals surface area contributed by atoms with Crippen LogP contribution in [0.25, 0.3) is 0 Å². The summed E-state index contributed by atoms with van der Waals surface area (Å²) in [5.74, 6) is 0.422. The molecule has 2 aromatic carbocycles. The lowest BCUT2D eigenvalue weighted by atomic mass is 10.1. The van der Waals surface area contributed by atoms with Crippen LogP contribution in [0.3, 0.4) is 0 Å². The molecule has 0 atom stereocenters. The fourth-order valence-corrected chi connectivity index (χ4v) is 2.61. The second-order valence-electron chi connectivity index (χ2n) is 6.89. The average molecular weight is 398 g/mol. The van der Waals surface area contributed by atoms with Crippen molar-refractivity contribution in [1.29, 1.82) is 0 Å². The van der Waals surface area contributed by atoms with Gasteiger partial charge in [0.2, 0.25) is 0 Å². The SMILES string of the molecule is CCCCOc1ccc(CC(=O)OC(=O)Cc2ccc(OCCCC)cc2)cc1. The highest BCUT2D eigenvalue weighted by Gasteiger charge is 2.12. The quantitative estimate of drug-likeness (QED) is 0.289. The van der Waals surface area contributed by atoms with E-state index in [4.69, 9.17) is 14.2 Å². The van der Waals surface area contributed by atoms with Crippen molar-refractivity contribution in [2.45, 2.75) is 52.4 Å². The molecule has 0 spiro atoms. The number of ether oxygens (including phenoxy) is 3. The van der Waals surface area contributed by atoms with E-state index in [-0.39, 0.29) is 12.8 Å². The van der Waals surface area contributed by atoms with E-state index in [0.29, 0.717) is 13.2 Å². The Morgan fingerprint density at radius 1 is 0.655 bits per heavy atom. The molecule has 0 saturated heterocycles. The molecule has 0 fully saturated rings. The van der Waals surface area contributed by atoms with Crippen molar-refractivity contribution in [3.05, 3.63) is 59.7 Å². The fraction of sp³-hybridized carbons (Fsp3) is 0.417. The summed E-state index contributed by atoms with van der Waals surface area (Å²) in [5.41, 5.74) is 1.55. The molecule has 0 amide bonds. The Hall–Kier alpha value is -2.82. The van der Waals surface area contributed by atoms with Gasteiger partial charge in [-0.15, -0.1) is 0 Å². The Kier molecular flexibility index (Phi) is 9.76. The zero-order valence-electron chi connectivity index (χ0n) is 17.3. The highest BCUT2D eigenvalue weighted by molar-refractivity contribution is 5.87. The largest absolute Gasteiger partial charge is 0.494 e. The van der Waals surface area contributed by atoms with E-state index in [1.54, 1.807) is 0 Å². The van der Waals surface area contributed by atoms with E-state index < -0.39 is 11.9 Å². The Balaban J connectivity index is 1.75. The van der Waals surface area contributed by atoms with Gasteiger partial charge in [0.15, 0.2) is 0 Å². The highest BCUT2D eigenvalue weighted by atomic mass is 16.6. The van der Waals surface area contributed by atoms with Crippen LogP contribution in [0, 0.1) is 0 Å². The van der Waals surface area contributed by atoms with Crippen molar-refractivity contribution in [3.63, 3.8) is 0 Å². The summed E-state index contributed by atoms with van der Waals surface area (Å²) in [7, 11) is 0. The molecule has 0 aliphatic carbocycles. The summed E-state index contributed by atoms with van der Waals surface area (Å²) in [6.07, 6.45) is 4.26. The number of carbonyl (C=O) groups excluding carboxylic acids is 2. The molecular weight excluding hydrogens is 368 g/mol. The van der Waals surface area contributed by atoms with Crippen LogP contribution >= 0.6 is 0 Å². The Morgan fingerprint density at radius 3 is 1.38 bits per heavy atom. The monoisotopic (exact) mass is 398 g/mol. The first-order valence-electron chi connectivity index (χ1n) is 10.3. The molecule has 0 radical (unpaired) electrons. The van der Waals surface area contributed by atoms with E-state index >= 15 is 0 Å². The van der Waals surface area contributed by atoms with Gasteiger partial charge >= 0.3 is 11.9 Å². The van der Waals surface area contributed by atoms with E-state index in [0.717, 1.165) is 48.3 Å². The summed E-state index contributed by atoms with van der Waals surface area (Å²) < 4.78 is 16.1. The molecule has 0 aromatic heterocycles. The van der Waals surface area contributed by atoms with Gasteiger partial charge in [0.1, 0.15) is 11.5 Å². The molecule has 0 unspecified atom stereocenters. The van der Waals surface area contributed by atoms with Crippen molar-refractivity contribution >= 4 is 11.9 Å². The number of carbonyl (C=O) groups is 2. The number of hydrogen-bond donors (Lipinski definition) is 0. The third-order valence-corrected chi connectivity index (χ3v) is 4.30. The minimum atomic E-state index is -0.561. The van der Waals surface area contributed by atoms with Crippen LogP contribution in [0.15, 0.2) is 48.5 Å². The van der Waals surface area contributed by atoms with Crippen molar-refractivity contribution in [1.82, 2.24) is 0 Å². The van der Waals surface area contributed by atoms with Crippen LogP contribution in [0.4, 0.5) is 0 Å². The molecule has 0 bridgehead atoms. The van der Waals surface area contributed by atoms with Gasteiger partial charge in [0.05, 0.1) is 26.1 Å². The van der Waals surface area contributed by atoms with Gasteiger partial charge in [-0.05, 0) is 48.2 Å². The highest BCUT2D eigenvalue weighted by Crippen LogP contribution is 2.15. The minimum absolute atomic E-state index is 0.0468. The molecule has 0 aliphatic heterocycles. The van der Waals surface area contributed by atoms with Gasteiger partial charge in [-0.2, -0.15) is 0 Å². The third-order valence-electron chi connectivity index (χ3n) is 4.30. The van der Waals surface area contributed by atoms with Crippen molar-refractivity contribution in [3.8, 4) is 11.5 Å². The van der Waals surface area contributed by atoms with Gasteiger partial charge in [0, 0.05) is 0 Å². The smallest absolute Gasteiger partial charge is 0.317 e. The molecule has 2 rings (SSSR count). The van der Waals surface area contributed by atoms with Gasteiger partial charge in [-0.3, -0.25) is 9.59 Å². The summed E-state index contributed by atoms with van der Waals surface area (Å²) in [4.78, 5) is 24.0. The van der Waals surface area contributed by atoms with Crippen molar-refractivity contribution in [2.24, 2.45) is 0 Å². The molecule has 0 aliphatic rings. The van der Waals surface area contributed by atoms with Crippen LogP contribution in [-0.2, 0) is 27.2 Å². The van der Waals surface area contributed by atoms with E-state index in [2.05, 4.69) is 13.8 Å². The maximum atomic E-state index is 12.0. The normalized spacial score (nSPS) is 10.4. The van der Waals surface area contributed by atoms with E-state index in [9.17, 15) is 9.59 Å². The molecule has 29 heavy (non-hydrogen) atoms. The summed E-state index contributed by atoms with van der Waals surface area (Å²) in [5, 5.41) is 0. The maximum absolute atomic E-state index is 12.0. The third kappa shape index (κ3) is 8.81. The minimum Gasteiger partial charge on any atom is -0.494 e. The zero-order valence-corrected chi connectivity index (χ0v) is 17.3. The molecule has 2 aromatic rings. The van der Waals surface area contributed by atoms with Crippen LogP contribution in [0.2, 0.25) is 0 Å². The van der Waals surface area contributed by atoms with Crippen molar-refractivity contribution in [2.75, 3.05) is 13.2 Å². The first kappa shape index (κ1) is 22.5. The second kappa shape index (κ2) is 12.6. The molecule has 0 N–H and O–H groups in total. The lowest BCUT2D eigenvalue weighted by Crippen LogP contribution is -2.16. The topological polar surface area (TPSA) is 61.8 Å². The Labute approximate surface area is 173 Å². The lowest BCUT2D eigenvalue weighted by molar-refractivity contribution is -0.158. The Morgan fingerprint density at radius 2 is 1.03 bits per heavy atom. The number of hydrogen-bond acceptors (Lipinski definition) is 5. The van der Waals surface area contributed by atoms with Crippen LogP contribution in [0.5, 0.6) is 11.5 Å². The van der Waals surface area contributed by atoms with Gasteiger partial charge in [-0.1, -0.05) is 51.0 Å². The van der Waals surface area contributed by atoms with E-state index in [1.165, 1.54) is 0 Å². The lowest BCUT2D eigenvalue weighted by Gasteiger charge is -2.07. The van der Waals surface area contributed by atoms with E-state index in [1.807, 2.05) is 48.5 Å². The molecule has 156 valence electrons. The molecule has 0 heterocycles. The molecular formula is C24H30O5. The molecule has 0 saturated carbocycles. The van der Waals surface area contributed by atoms with Crippen LogP contribution in [-0.4, -0.2) is 25.2 Å². The van der Waals surface area contributed by atoms with Crippen LogP contribution < -0.4 is 9.47 Å². The maximum Gasteiger partial charge on any atom is 0.317 e. The standard InChI is InChI=1S/C24H30O5/c1-3-5-15-27-21-11-7-19(8-12-21)17-23(25)29-24(26)18-20-9-13-22(14-10-20)28-16-6-4-2/h7-14H,3-6,15-18H2,1-2H3. The summed E-state index contributed by atoms with van der Waals surface area (Å²) >= 11 is 0. The summed E-state index contributed by atoms with van der Waals surface area (Å²) in [6.45, 7) is 5.57. The second-order valence-corrected chi connectivity index (χ2v) is 6.89. The van der Waals surface area contributed by atoms with Gasteiger partial charge in [0.25, 0.3) is 0 Å². The summed E-state index contributed by atoms with van der Waals surface area (Å²) in [6, 6.07) is 14.5. The molecule has 5 nitrogen and oxygen atoms in total. The van der Waals surface area contributed by atoms with Gasteiger partial charge < -0.3 is 14.2 Å². The number of unbranched alkanes of at least 4 members (excludes halogenated alkanes) is 2. The number of rotatable bonds is 12. The van der Waals surface area contributed by atoms with Crippen LogP contribution in [0.1, 0.15) is 50.7 Å². The fourth-order valence-electron chi connectivity index (χ4n) is 2.61. The predicted molar refractivity (Wildman–Crippen MR) is 112 cm³/mol. The number of benzene rings is 2. The zero-order chi connectivity index (χ0) is 20.9. The first-order chi connectivity index (χ1) is 14.1. The molecule has 5 heteroatoms. The first-order valence-corrected chi connectivity index (χ1v) is 10.3.